The van der Waals surface area contributed by atoms with Crippen LogP contribution in [0.4, 0.5) is 11.4 Å². The molecule has 0 spiro atoms. The molecule has 7 nitrogen and oxygen atoms in total. The van der Waals surface area contributed by atoms with Crippen LogP contribution in [0.5, 0.6) is 0 Å². The number of carbonyl (C=O) groups excluding carboxylic acids is 1. The molecule has 0 bridgehead atoms. The molecule has 25 heavy (non-hydrogen) atoms. The molecule has 0 radical (unpaired) electrons. The van der Waals surface area contributed by atoms with Crippen molar-refractivity contribution in [2.24, 2.45) is 5.92 Å². The molecule has 2 N–H and O–H groups in total. The standard InChI is InChI=1S/C18H18N2O5/c1-12(13-5-3-2-4-6-13)16(11-17(21)22)18(23)19-14-7-9-15(10-8-14)20(24)25/h2-10,12,16H,11H2,1H3,(H,19,23)(H,21,22). The predicted octanol–water partition coefficient (Wildman–Crippen LogP) is 3.43. The first-order valence-corrected chi connectivity index (χ1v) is 7.70. The molecule has 7 heteroatoms. The van der Waals surface area contributed by atoms with E-state index in [4.69, 9.17) is 5.11 Å². The minimum absolute atomic E-state index is 0.0854. The van der Waals surface area contributed by atoms with Gasteiger partial charge in [-0.05, 0) is 23.6 Å². The SMILES string of the molecule is CC(c1ccccc1)C(CC(=O)O)C(=O)Nc1ccc([N+](=O)[O-])cc1. The van der Waals surface area contributed by atoms with Crippen LogP contribution in [-0.2, 0) is 9.59 Å². The van der Waals surface area contributed by atoms with Crippen molar-refractivity contribution < 1.29 is 19.6 Å². The van der Waals surface area contributed by atoms with Gasteiger partial charge < -0.3 is 10.4 Å². The maximum absolute atomic E-state index is 12.6. The molecule has 2 unspecified atom stereocenters. The van der Waals surface area contributed by atoms with Gasteiger partial charge in [-0.2, -0.15) is 0 Å². The first kappa shape index (κ1) is 18.1. The van der Waals surface area contributed by atoms with Crippen LogP contribution in [0.15, 0.2) is 54.6 Å². The van der Waals surface area contributed by atoms with Gasteiger partial charge in [-0.3, -0.25) is 19.7 Å². The number of benzene rings is 2. The lowest BCUT2D eigenvalue weighted by molar-refractivity contribution is -0.384. The molecule has 0 aromatic heterocycles. The number of nitrogens with one attached hydrogen (secondary N) is 1. The number of aliphatic carboxylic acids is 1. The molecule has 2 aromatic carbocycles. The number of hydrogen-bond acceptors (Lipinski definition) is 4. The van der Waals surface area contributed by atoms with Crippen LogP contribution in [0.3, 0.4) is 0 Å². The fraction of sp³-hybridized carbons (Fsp3) is 0.222. The number of anilines is 1. The highest BCUT2D eigenvalue weighted by Crippen LogP contribution is 2.28. The van der Waals surface area contributed by atoms with E-state index in [-0.39, 0.29) is 18.0 Å². The smallest absolute Gasteiger partial charge is 0.304 e. The van der Waals surface area contributed by atoms with E-state index in [1.54, 1.807) is 6.92 Å². The second kappa shape index (κ2) is 8.05. The Morgan fingerprint density at radius 2 is 1.72 bits per heavy atom. The van der Waals surface area contributed by atoms with Crippen molar-refractivity contribution in [2.45, 2.75) is 19.3 Å². The van der Waals surface area contributed by atoms with E-state index >= 15 is 0 Å². The molecule has 0 saturated carbocycles. The zero-order valence-corrected chi connectivity index (χ0v) is 13.6. The normalized spacial score (nSPS) is 12.8. The van der Waals surface area contributed by atoms with Gasteiger partial charge in [0.15, 0.2) is 0 Å². The Morgan fingerprint density at radius 3 is 2.24 bits per heavy atom. The fourth-order valence-corrected chi connectivity index (χ4v) is 2.58. The maximum Gasteiger partial charge on any atom is 0.304 e. The topological polar surface area (TPSA) is 110 Å². The third-order valence-electron chi connectivity index (χ3n) is 4.01. The quantitative estimate of drug-likeness (QED) is 0.592. The zero-order valence-electron chi connectivity index (χ0n) is 13.6. The number of nitro benzene ring substituents is 1. The number of carbonyl (C=O) groups is 2. The molecule has 2 atom stereocenters. The summed E-state index contributed by atoms with van der Waals surface area (Å²) >= 11 is 0. The number of hydrogen-bond donors (Lipinski definition) is 2. The number of amides is 1. The Bertz CT molecular complexity index is 759. The second-order valence-electron chi connectivity index (χ2n) is 5.70. The highest BCUT2D eigenvalue weighted by molar-refractivity contribution is 5.95. The molecule has 0 aliphatic rings. The van der Waals surface area contributed by atoms with Gasteiger partial charge in [-0.1, -0.05) is 37.3 Å². The summed E-state index contributed by atoms with van der Waals surface area (Å²) in [6.07, 6.45) is -0.311. The van der Waals surface area contributed by atoms with Crippen LogP contribution in [0, 0.1) is 16.0 Å². The summed E-state index contributed by atoms with van der Waals surface area (Å²) in [4.78, 5) is 33.9. The minimum atomic E-state index is -1.06. The van der Waals surface area contributed by atoms with Crippen LogP contribution in [0.2, 0.25) is 0 Å². The summed E-state index contributed by atoms with van der Waals surface area (Å²) in [6, 6.07) is 14.6. The molecule has 0 aliphatic heterocycles. The molecule has 130 valence electrons. The number of carboxylic acids is 1. The van der Waals surface area contributed by atoms with E-state index in [1.807, 2.05) is 30.3 Å². The summed E-state index contributed by atoms with van der Waals surface area (Å²) in [5.74, 6) is -2.57. The molecule has 0 aliphatic carbocycles. The Balaban J connectivity index is 2.17. The third kappa shape index (κ3) is 4.87. The van der Waals surface area contributed by atoms with Crippen molar-refractivity contribution in [2.75, 3.05) is 5.32 Å². The lowest BCUT2D eigenvalue weighted by Crippen LogP contribution is -2.29. The number of carboxylic acid groups (broad SMARTS) is 1. The van der Waals surface area contributed by atoms with Crippen LogP contribution < -0.4 is 5.32 Å². The van der Waals surface area contributed by atoms with E-state index in [9.17, 15) is 19.7 Å². The maximum atomic E-state index is 12.6. The summed E-state index contributed by atoms with van der Waals surface area (Å²) < 4.78 is 0. The largest absolute Gasteiger partial charge is 0.481 e. The number of nitro groups is 1. The third-order valence-corrected chi connectivity index (χ3v) is 4.01. The van der Waals surface area contributed by atoms with Gasteiger partial charge in [-0.25, -0.2) is 0 Å². The van der Waals surface area contributed by atoms with Gasteiger partial charge in [-0.15, -0.1) is 0 Å². The molecule has 0 saturated heterocycles. The van der Waals surface area contributed by atoms with Gasteiger partial charge in [0.1, 0.15) is 0 Å². The second-order valence-corrected chi connectivity index (χ2v) is 5.70. The van der Waals surface area contributed by atoms with Crippen molar-refractivity contribution in [3.05, 3.63) is 70.3 Å². The van der Waals surface area contributed by atoms with Crippen molar-refractivity contribution >= 4 is 23.3 Å². The summed E-state index contributed by atoms with van der Waals surface area (Å²) in [6.45, 7) is 1.80. The first-order valence-electron chi connectivity index (χ1n) is 7.70. The molecule has 1 amide bonds. The van der Waals surface area contributed by atoms with Gasteiger partial charge >= 0.3 is 5.97 Å². The average Bonchev–Trinajstić information content (AvgIpc) is 2.60. The van der Waals surface area contributed by atoms with E-state index in [2.05, 4.69) is 5.32 Å². The van der Waals surface area contributed by atoms with Crippen LogP contribution >= 0.6 is 0 Å². The number of non-ortho nitro benzene ring substituents is 1. The van der Waals surface area contributed by atoms with Gasteiger partial charge in [0, 0.05) is 17.8 Å². The van der Waals surface area contributed by atoms with Crippen molar-refractivity contribution in [1.29, 1.82) is 0 Å². The molecule has 2 aromatic rings. The highest BCUT2D eigenvalue weighted by atomic mass is 16.6. The van der Waals surface area contributed by atoms with E-state index in [1.165, 1.54) is 24.3 Å². The minimum Gasteiger partial charge on any atom is -0.481 e. The van der Waals surface area contributed by atoms with E-state index < -0.39 is 22.7 Å². The van der Waals surface area contributed by atoms with Crippen molar-refractivity contribution in [1.82, 2.24) is 0 Å². The zero-order chi connectivity index (χ0) is 18.4. The summed E-state index contributed by atoms with van der Waals surface area (Å²) in [5.41, 5.74) is 1.16. The lowest BCUT2D eigenvalue weighted by atomic mass is 9.84. The molecular formula is C18H18N2O5. The summed E-state index contributed by atoms with van der Waals surface area (Å²) in [7, 11) is 0. The highest BCUT2D eigenvalue weighted by Gasteiger charge is 2.28. The number of nitrogens with zero attached hydrogens (tertiary/aromatic N) is 1. The Morgan fingerprint density at radius 1 is 1.12 bits per heavy atom. The fourth-order valence-electron chi connectivity index (χ4n) is 2.58. The van der Waals surface area contributed by atoms with Crippen LogP contribution in [-0.4, -0.2) is 21.9 Å². The van der Waals surface area contributed by atoms with Gasteiger partial charge in [0.05, 0.1) is 17.3 Å². The number of rotatable bonds is 7. The Kier molecular flexibility index (Phi) is 5.84. The van der Waals surface area contributed by atoms with E-state index in [0.717, 1.165) is 5.56 Å². The monoisotopic (exact) mass is 342 g/mol. The van der Waals surface area contributed by atoms with Crippen LogP contribution in [0.1, 0.15) is 24.8 Å². The molecule has 0 heterocycles. The molecular weight excluding hydrogens is 324 g/mol. The lowest BCUT2D eigenvalue weighted by Gasteiger charge is -2.22. The average molecular weight is 342 g/mol. The molecule has 0 fully saturated rings. The van der Waals surface area contributed by atoms with Crippen LogP contribution in [0.25, 0.3) is 0 Å². The van der Waals surface area contributed by atoms with Crippen molar-refractivity contribution in [3.8, 4) is 0 Å². The summed E-state index contributed by atoms with van der Waals surface area (Å²) in [5, 5.41) is 22.4. The van der Waals surface area contributed by atoms with E-state index in [0.29, 0.717) is 5.69 Å². The molecule has 2 rings (SSSR count). The van der Waals surface area contributed by atoms with Gasteiger partial charge in [0.25, 0.3) is 5.69 Å². The predicted molar refractivity (Wildman–Crippen MR) is 92.3 cm³/mol. The van der Waals surface area contributed by atoms with Crippen molar-refractivity contribution in [3.63, 3.8) is 0 Å². The van der Waals surface area contributed by atoms with Gasteiger partial charge in [0.2, 0.25) is 5.91 Å². The Hall–Kier alpha value is -3.22. The Labute approximate surface area is 144 Å². The first-order chi connectivity index (χ1) is 11.9.